The van der Waals surface area contributed by atoms with Gasteiger partial charge in [-0.05, 0) is 25.0 Å². The molecule has 0 saturated carbocycles. The number of para-hydroxylation sites is 1. The van der Waals surface area contributed by atoms with Crippen molar-refractivity contribution in [3.05, 3.63) is 36.9 Å². The van der Waals surface area contributed by atoms with Crippen LogP contribution in [0.2, 0.25) is 0 Å². The Balaban J connectivity index is 2.89. The van der Waals surface area contributed by atoms with E-state index in [0.717, 1.165) is 17.7 Å². The lowest BCUT2D eigenvalue weighted by Gasteiger charge is -2.18. The highest BCUT2D eigenvalue weighted by Crippen LogP contribution is 2.20. The minimum Gasteiger partial charge on any atom is -0.449 e. The lowest BCUT2D eigenvalue weighted by Crippen LogP contribution is -2.25. The molecule has 0 spiro atoms. The Kier molecular flexibility index (Phi) is 4.16. The van der Waals surface area contributed by atoms with Gasteiger partial charge in [0.2, 0.25) is 0 Å². The molecule has 0 heterocycles. The van der Waals surface area contributed by atoms with E-state index in [4.69, 9.17) is 4.74 Å². The molecular weight excluding hydrogens is 190 g/mol. The van der Waals surface area contributed by atoms with E-state index >= 15 is 0 Å². The molecule has 0 atom stereocenters. The first kappa shape index (κ1) is 11.6. The third-order valence-corrected chi connectivity index (χ3v) is 2.15. The number of hydrogen-bond acceptors (Lipinski definition) is 2. The summed E-state index contributed by atoms with van der Waals surface area (Å²) in [6.45, 7) is 4.18. The summed E-state index contributed by atoms with van der Waals surface area (Å²) in [5.41, 5.74) is 1.89. The predicted molar refractivity (Wildman–Crippen MR) is 60.7 cm³/mol. The second-order valence-electron chi connectivity index (χ2n) is 3.11. The fourth-order valence-corrected chi connectivity index (χ4v) is 1.37. The van der Waals surface area contributed by atoms with E-state index in [1.807, 2.05) is 31.2 Å². The number of rotatable bonds is 3. The number of anilines is 1. The van der Waals surface area contributed by atoms with Crippen LogP contribution in [0.3, 0.4) is 0 Å². The zero-order valence-corrected chi connectivity index (χ0v) is 9.19. The normalized spacial score (nSPS) is 9.80. The van der Waals surface area contributed by atoms with Crippen LogP contribution in [-0.4, -0.2) is 12.7 Å². The number of carbonyl (C=O) groups is 1. The molecule has 0 aromatic heterocycles. The Hall–Kier alpha value is -1.51. The van der Waals surface area contributed by atoms with Crippen LogP contribution in [0.4, 0.5) is 10.5 Å². The standard InChI is InChI=1S/C12H16NO2/c1-4-10-8-6-7-9-11(10)13(3)12(14)15-5-2/h6-9H,3-5H2,1-2H3. The molecule has 15 heavy (non-hydrogen) atoms. The maximum atomic E-state index is 11.5. The van der Waals surface area contributed by atoms with Crippen molar-refractivity contribution in [2.45, 2.75) is 20.3 Å². The van der Waals surface area contributed by atoms with Gasteiger partial charge < -0.3 is 4.74 Å². The van der Waals surface area contributed by atoms with E-state index < -0.39 is 6.09 Å². The summed E-state index contributed by atoms with van der Waals surface area (Å²) in [4.78, 5) is 12.7. The minimum atomic E-state index is -0.418. The third-order valence-electron chi connectivity index (χ3n) is 2.15. The molecular formula is C12H16NO2. The lowest BCUT2D eigenvalue weighted by atomic mass is 10.1. The lowest BCUT2D eigenvalue weighted by molar-refractivity contribution is 0.162. The summed E-state index contributed by atoms with van der Waals surface area (Å²) < 4.78 is 4.88. The van der Waals surface area contributed by atoms with Crippen LogP contribution >= 0.6 is 0 Å². The molecule has 0 aliphatic carbocycles. The van der Waals surface area contributed by atoms with Gasteiger partial charge in [0.15, 0.2) is 0 Å². The molecule has 1 radical (unpaired) electrons. The number of benzene rings is 1. The monoisotopic (exact) mass is 206 g/mol. The van der Waals surface area contributed by atoms with Crippen molar-refractivity contribution in [3.63, 3.8) is 0 Å². The van der Waals surface area contributed by atoms with E-state index in [9.17, 15) is 4.79 Å². The van der Waals surface area contributed by atoms with Gasteiger partial charge in [0.05, 0.1) is 12.3 Å². The number of nitrogens with zero attached hydrogens (tertiary/aromatic N) is 1. The first-order chi connectivity index (χ1) is 7.20. The quantitative estimate of drug-likeness (QED) is 0.760. The predicted octanol–water partition coefficient (Wildman–Crippen LogP) is 3.00. The molecule has 81 valence electrons. The van der Waals surface area contributed by atoms with Gasteiger partial charge in [-0.15, -0.1) is 0 Å². The Morgan fingerprint density at radius 3 is 2.67 bits per heavy atom. The van der Waals surface area contributed by atoms with E-state index in [0.29, 0.717) is 6.61 Å². The fourth-order valence-electron chi connectivity index (χ4n) is 1.37. The van der Waals surface area contributed by atoms with Crippen molar-refractivity contribution >= 4 is 11.8 Å². The highest BCUT2D eigenvalue weighted by atomic mass is 16.6. The number of hydrogen-bond donors (Lipinski definition) is 0. The molecule has 3 heteroatoms. The zero-order chi connectivity index (χ0) is 11.3. The average Bonchev–Trinajstić information content (AvgIpc) is 2.28. The number of ether oxygens (including phenoxy) is 1. The molecule has 0 aliphatic rings. The SMILES string of the molecule is [CH2]N(C(=O)OCC)c1ccccc1CC. The molecule has 0 aliphatic heterocycles. The molecule has 1 rings (SSSR count). The maximum Gasteiger partial charge on any atom is 0.414 e. The van der Waals surface area contributed by atoms with Gasteiger partial charge in [-0.3, -0.25) is 4.90 Å². The number of amides is 1. The van der Waals surface area contributed by atoms with Crippen LogP contribution in [0, 0.1) is 7.05 Å². The smallest absolute Gasteiger partial charge is 0.414 e. The first-order valence-corrected chi connectivity index (χ1v) is 5.06. The summed E-state index contributed by atoms with van der Waals surface area (Å²) in [5, 5.41) is 0. The highest BCUT2D eigenvalue weighted by Gasteiger charge is 2.13. The summed E-state index contributed by atoms with van der Waals surface area (Å²) in [5.74, 6) is 0. The van der Waals surface area contributed by atoms with Crippen molar-refractivity contribution in [1.82, 2.24) is 0 Å². The van der Waals surface area contributed by atoms with E-state index in [1.165, 1.54) is 4.90 Å². The Morgan fingerprint density at radius 2 is 2.07 bits per heavy atom. The second-order valence-corrected chi connectivity index (χ2v) is 3.11. The summed E-state index contributed by atoms with van der Waals surface area (Å²) >= 11 is 0. The summed E-state index contributed by atoms with van der Waals surface area (Å²) in [6, 6.07) is 7.67. The van der Waals surface area contributed by atoms with Gasteiger partial charge in [-0.2, -0.15) is 0 Å². The molecule has 0 unspecified atom stereocenters. The molecule has 0 saturated heterocycles. The van der Waals surface area contributed by atoms with Crippen molar-refractivity contribution in [2.75, 3.05) is 11.5 Å². The average molecular weight is 206 g/mol. The third kappa shape index (κ3) is 2.72. The fraction of sp³-hybridized carbons (Fsp3) is 0.333. The Bertz CT molecular complexity index is 336. The van der Waals surface area contributed by atoms with Crippen LogP contribution in [0.1, 0.15) is 19.4 Å². The Labute approximate surface area is 90.7 Å². The van der Waals surface area contributed by atoms with Crippen LogP contribution < -0.4 is 4.90 Å². The van der Waals surface area contributed by atoms with Crippen LogP contribution in [0.5, 0.6) is 0 Å². The van der Waals surface area contributed by atoms with Crippen molar-refractivity contribution < 1.29 is 9.53 Å². The highest BCUT2D eigenvalue weighted by molar-refractivity contribution is 5.89. The van der Waals surface area contributed by atoms with Gasteiger partial charge in [0.1, 0.15) is 0 Å². The number of carbonyl (C=O) groups excluding carboxylic acids is 1. The molecule has 1 aromatic carbocycles. The Morgan fingerprint density at radius 1 is 1.40 bits per heavy atom. The first-order valence-electron chi connectivity index (χ1n) is 5.06. The molecule has 0 bridgehead atoms. The summed E-state index contributed by atoms with van der Waals surface area (Å²) in [6.07, 6.45) is 0.445. The molecule has 0 fully saturated rings. The maximum absolute atomic E-state index is 11.5. The van der Waals surface area contributed by atoms with Gasteiger partial charge in [0.25, 0.3) is 0 Å². The van der Waals surface area contributed by atoms with E-state index in [2.05, 4.69) is 7.05 Å². The summed E-state index contributed by atoms with van der Waals surface area (Å²) in [7, 11) is 3.69. The zero-order valence-electron chi connectivity index (χ0n) is 9.19. The molecule has 1 aromatic rings. The minimum absolute atomic E-state index is 0.360. The number of aryl methyl sites for hydroxylation is 1. The van der Waals surface area contributed by atoms with Crippen molar-refractivity contribution in [2.24, 2.45) is 0 Å². The van der Waals surface area contributed by atoms with E-state index in [1.54, 1.807) is 6.92 Å². The second kappa shape index (κ2) is 5.39. The van der Waals surface area contributed by atoms with E-state index in [-0.39, 0.29) is 0 Å². The van der Waals surface area contributed by atoms with Gasteiger partial charge in [-0.1, -0.05) is 25.1 Å². The largest absolute Gasteiger partial charge is 0.449 e. The molecule has 1 amide bonds. The van der Waals surface area contributed by atoms with Crippen LogP contribution in [0.25, 0.3) is 0 Å². The van der Waals surface area contributed by atoms with Gasteiger partial charge >= 0.3 is 6.09 Å². The van der Waals surface area contributed by atoms with Gasteiger partial charge in [0, 0.05) is 7.05 Å². The van der Waals surface area contributed by atoms with Crippen LogP contribution in [0.15, 0.2) is 24.3 Å². The van der Waals surface area contributed by atoms with Crippen molar-refractivity contribution in [1.29, 1.82) is 0 Å². The molecule has 3 nitrogen and oxygen atoms in total. The van der Waals surface area contributed by atoms with Crippen LogP contribution in [-0.2, 0) is 11.2 Å². The van der Waals surface area contributed by atoms with Crippen molar-refractivity contribution in [3.8, 4) is 0 Å². The van der Waals surface area contributed by atoms with Gasteiger partial charge in [-0.25, -0.2) is 4.79 Å². The topological polar surface area (TPSA) is 29.5 Å². The molecule has 0 N–H and O–H groups in total.